The van der Waals surface area contributed by atoms with Gasteiger partial charge >= 0.3 is 5.97 Å². The molecule has 1 rings (SSSR count). The highest BCUT2D eigenvalue weighted by Crippen LogP contribution is 2.13. The zero-order valence-corrected chi connectivity index (χ0v) is 17.9. The molecule has 2 amide bonds. The van der Waals surface area contributed by atoms with E-state index in [1.807, 2.05) is 13.2 Å². The van der Waals surface area contributed by atoms with Crippen molar-refractivity contribution in [1.29, 1.82) is 0 Å². The summed E-state index contributed by atoms with van der Waals surface area (Å²) in [5, 5.41) is 24.1. The molecule has 6 N–H and O–H groups in total. The molecule has 1 aromatic carbocycles. The van der Waals surface area contributed by atoms with E-state index in [1.165, 1.54) is 12.1 Å². The Bertz CT molecular complexity index is 683. The Balaban J connectivity index is 2.98. The van der Waals surface area contributed by atoms with E-state index >= 15 is 0 Å². The van der Waals surface area contributed by atoms with E-state index in [2.05, 4.69) is 10.6 Å². The molecule has 8 nitrogen and oxygen atoms in total. The Kier molecular flexibility index (Phi) is 10.5. The van der Waals surface area contributed by atoms with Crippen LogP contribution in [0.3, 0.4) is 0 Å². The average molecular weight is 426 g/mol. The molecule has 9 heteroatoms. The largest absolute Gasteiger partial charge is 0.508 e. The summed E-state index contributed by atoms with van der Waals surface area (Å²) in [4.78, 5) is 36.8. The van der Waals surface area contributed by atoms with Gasteiger partial charge in [0.1, 0.15) is 17.8 Å². The molecule has 0 radical (unpaired) electrons. The van der Waals surface area contributed by atoms with Crippen molar-refractivity contribution in [3.05, 3.63) is 29.8 Å². The van der Waals surface area contributed by atoms with Crippen LogP contribution in [0, 0.1) is 5.92 Å². The number of carboxylic acid groups (broad SMARTS) is 1. The van der Waals surface area contributed by atoms with Gasteiger partial charge in [0.2, 0.25) is 11.8 Å². The fourth-order valence-corrected chi connectivity index (χ4v) is 3.16. The summed E-state index contributed by atoms with van der Waals surface area (Å²) in [5.74, 6) is -1.66. The van der Waals surface area contributed by atoms with E-state index in [1.54, 1.807) is 30.8 Å². The van der Waals surface area contributed by atoms with Gasteiger partial charge in [-0.25, -0.2) is 4.79 Å². The van der Waals surface area contributed by atoms with E-state index in [9.17, 15) is 24.6 Å². The number of aromatic hydroxyl groups is 1. The van der Waals surface area contributed by atoms with Gasteiger partial charge in [-0.2, -0.15) is 11.8 Å². The van der Waals surface area contributed by atoms with Crippen LogP contribution in [0.2, 0.25) is 0 Å². The van der Waals surface area contributed by atoms with Gasteiger partial charge in [0.05, 0.1) is 6.04 Å². The molecule has 0 saturated heterocycles. The molecule has 0 aliphatic heterocycles. The molecular formula is C20H31N3O5S. The monoisotopic (exact) mass is 425 g/mol. The molecule has 0 unspecified atom stereocenters. The summed E-state index contributed by atoms with van der Waals surface area (Å²) in [6, 6.07) is 3.43. The van der Waals surface area contributed by atoms with Crippen molar-refractivity contribution < 1.29 is 24.6 Å². The number of rotatable bonds is 12. The summed E-state index contributed by atoms with van der Waals surface area (Å²) < 4.78 is 0. The van der Waals surface area contributed by atoms with Crippen molar-refractivity contribution in [1.82, 2.24) is 10.6 Å². The number of phenols is 1. The van der Waals surface area contributed by atoms with Crippen molar-refractivity contribution in [2.24, 2.45) is 11.7 Å². The van der Waals surface area contributed by atoms with Crippen LogP contribution in [0.25, 0.3) is 0 Å². The third-order valence-electron chi connectivity index (χ3n) is 4.76. The third kappa shape index (κ3) is 8.33. The highest BCUT2D eigenvalue weighted by atomic mass is 32.2. The summed E-state index contributed by atoms with van der Waals surface area (Å²) in [6.45, 7) is 3.58. The number of hydrogen-bond acceptors (Lipinski definition) is 6. The van der Waals surface area contributed by atoms with Gasteiger partial charge in [-0.3, -0.25) is 9.59 Å². The number of carbonyl (C=O) groups is 3. The van der Waals surface area contributed by atoms with Gasteiger partial charge in [0, 0.05) is 6.42 Å². The molecule has 0 fully saturated rings. The number of carbonyl (C=O) groups excluding carboxylic acids is 2. The van der Waals surface area contributed by atoms with E-state index in [-0.39, 0.29) is 18.1 Å². The number of phenolic OH excluding ortho intramolecular Hbond substituents is 1. The van der Waals surface area contributed by atoms with E-state index in [0.717, 1.165) is 0 Å². The molecule has 29 heavy (non-hydrogen) atoms. The van der Waals surface area contributed by atoms with Gasteiger partial charge in [0.25, 0.3) is 0 Å². The van der Waals surface area contributed by atoms with Gasteiger partial charge in [-0.05, 0) is 42.0 Å². The first-order valence-corrected chi connectivity index (χ1v) is 10.9. The van der Waals surface area contributed by atoms with Crippen LogP contribution in [0.5, 0.6) is 5.75 Å². The molecule has 0 heterocycles. The second kappa shape index (κ2) is 12.3. The van der Waals surface area contributed by atoms with E-state index in [0.29, 0.717) is 24.2 Å². The lowest BCUT2D eigenvalue weighted by Crippen LogP contribution is -2.56. The Hall–Kier alpha value is -2.26. The minimum absolute atomic E-state index is 0.0839. The topological polar surface area (TPSA) is 142 Å². The molecule has 0 aromatic heterocycles. The lowest BCUT2D eigenvalue weighted by atomic mass is 9.98. The van der Waals surface area contributed by atoms with Crippen molar-refractivity contribution in [3.63, 3.8) is 0 Å². The SMILES string of the molecule is CC[C@H](C)[C@H](NC(=O)[C@H](Cc1ccc(O)cc1)NC(=O)[C@@H](N)CCSC)C(=O)O. The highest BCUT2D eigenvalue weighted by Gasteiger charge is 2.30. The fraction of sp³-hybridized carbons (Fsp3) is 0.550. The highest BCUT2D eigenvalue weighted by molar-refractivity contribution is 7.98. The number of nitrogens with two attached hydrogens (primary N) is 1. The van der Waals surface area contributed by atoms with Crippen molar-refractivity contribution in [2.45, 2.75) is 51.2 Å². The van der Waals surface area contributed by atoms with Crippen molar-refractivity contribution in [3.8, 4) is 5.75 Å². The Morgan fingerprint density at radius 3 is 2.28 bits per heavy atom. The second-order valence-electron chi connectivity index (χ2n) is 7.03. The molecule has 0 spiro atoms. The second-order valence-corrected chi connectivity index (χ2v) is 8.02. The predicted octanol–water partition coefficient (Wildman–Crippen LogP) is 1.12. The van der Waals surface area contributed by atoms with Crippen LogP contribution in [-0.4, -0.2) is 58.1 Å². The van der Waals surface area contributed by atoms with Crippen LogP contribution >= 0.6 is 11.8 Å². The molecule has 1 aromatic rings. The number of aliphatic carboxylic acids is 1. The summed E-state index contributed by atoms with van der Waals surface area (Å²) in [7, 11) is 0. The lowest BCUT2D eigenvalue weighted by Gasteiger charge is -2.25. The quantitative estimate of drug-likeness (QED) is 0.338. The average Bonchev–Trinajstić information content (AvgIpc) is 2.70. The number of amides is 2. The molecule has 0 aliphatic rings. The molecular weight excluding hydrogens is 394 g/mol. The first kappa shape index (κ1) is 24.8. The fourth-order valence-electron chi connectivity index (χ4n) is 2.67. The van der Waals surface area contributed by atoms with Crippen molar-refractivity contribution in [2.75, 3.05) is 12.0 Å². The predicted molar refractivity (Wildman–Crippen MR) is 114 cm³/mol. The third-order valence-corrected chi connectivity index (χ3v) is 5.40. The Morgan fingerprint density at radius 2 is 1.76 bits per heavy atom. The standard InChI is InChI=1S/C20H31N3O5S/c1-4-12(2)17(20(27)28)23-19(26)16(11-13-5-7-14(24)8-6-13)22-18(25)15(21)9-10-29-3/h5-8,12,15-17,24H,4,9-11,21H2,1-3H3,(H,22,25)(H,23,26)(H,27,28)/t12-,15-,16-,17-/m0/s1. The van der Waals surface area contributed by atoms with Gasteiger partial charge < -0.3 is 26.6 Å². The minimum Gasteiger partial charge on any atom is -0.508 e. The Morgan fingerprint density at radius 1 is 1.14 bits per heavy atom. The van der Waals surface area contributed by atoms with Gasteiger partial charge in [-0.1, -0.05) is 32.4 Å². The number of carboxylic acids is 1. The number of thioether (sulfide) groups is 1. The van der Waals surface area contributed by atoms with Crippen LogP contribution in [0.4, 0.5) is 0 Å². The molecule has 0 bridgehead atoms. The maximum Gasteiger partial charge on any atom is 0.326 e. The van der Waals surface area contributed by atoms with E-state index in [4.69, 9.17) is 5.73 Å². The normalized spacial score (nSPS) is 15.0. The Labute approximate surface area is 175 Å². The van der Waals surface area contributed by atoms with E-state index < -0.39 is 35.9 Å². The first-order chi connectivity index (χ1) is 13.7. The smallest absolute Gasteiger partial charge is 0.326 e. The number of benzene rings is 1. The molecule has 162 valence electrons. The zero-order chi connectivity index (χ0) is 22.0. The zero-order valence-electron chi connectivity index (χ0n) is 17.1. The van der Waals surface area contributed by atoms with Crippen LogP contribution < -0.4 is 16.4 Å². The van der Waals surface area contributed by atoms with Crippen molar-refractivity contribution >= 4 is 29.5 Å². The first-order valence-electron chi connectivity index (χ1n) is 9.55. The lowest BCUT2D eigenvalue weighted by molar-refractivity contribution is -0.143. The van der Waals surface area contributed by atoms with Gasteiger partial charge in [-0.15, -0.1) is 0 Å². The number of hydrogen-bond donors (Lipinski definition) is 5. The minimum atomic E-state index is -1.13. The van der Waals surface area contributed by atoms with Crippen LogP contribution in [0.1, 0.15) is 32.3 Å². The van der Waals surface area contributed by atoms with Gasteiger partial charge in [0.15, 0.2) is 0 Å². The summed E-state index contributed by atoms with van der Waals surface area (Å²) in [6.07, 6.45) is 3.09. The number of nitrogens with one attached hydrogen (secondary N) is 2. The molecule has 0 aliphatic carbocycles. The maximum atomic E-state index is 12.8. The summed E-state index contributed by atoms with van der Waals surface area (Å²) >= 11 is 1.57. The maximum absolute atomic E-state index is 12.8. The molecule has 4 atom stereocenters. The summed E-state index contributed by atoms with van der Waals surface area (Å²) in [5.41, 5.74) is 6.60. The molecule has 0 saturated carbocycles. The van der Waals surface area contributed by atoms with Crippen LogP contribution in [0.15, 0.2) is 24.3 Å². The van der Waals surface area contributed by atoms with Crippen LogP contribution in [-0.2, 0) is 20.8 Å².